The number of methoxy groups -OCH3 is 1. The molecule has 17 heavy (non-hydrogen) atoms. The molecule has 1 rings (SSSR count). The van der Waals surface area contributed by atoms with Crippen LogP contribution >= 0.6 is 0 Å². The molecule has 0 spiro atoms. The average Bonchev–Trinajstić information content (AvgIpc) is 2.20. The average molecular weight is 255 g/mol. The molecular formula is C11H20F3NO2. The molecule has 1 fully saturated rings. The SMILES string of the molecule is CCCNC1CC(OCCC(F)(F)F)C1OC. The molecule has 0 radical (unpaired) electrons. The van der Waals surface area contributed by atoms with Gasteiger partial charge >= 0.3 is 6.18 Å². The predicted molar refractivity (Wildman–Crippen MR) is 57.9 cm³/mol. The molecule has 0 amide bonds. The summed E-state index contributed by atoms with van der Waals surface area (Å²) in [5, 5.41) is 3.28. The van der Waals surface area contributed by atoms with E-state index in [-0.39, 0.29) is 24.9 Å². The molecule has 1 aliphatic carbocycles. The molecule has 1 N–H and O–H groups in total. The summed E-state index contributed by atoms with van der Waals surface area (Å²) < 4.78 is 46.2. The molecule has 3 atom stereocenters. The van der Waals surface area contributed by atoms with Crippen LogP contribution in [0.5, 0.6) is 0 Å². The van der Waals surface area contributed by atoms with Crippen molar-refractivity contribution in [3.8, 4) is 0 Å². The maximum absolute atomic E-state index is 11.9. The van der Waals surface area contributed by atoms with Gasteiger partial charge in [-0.1, -0.05) is 6.92 Å². The number of halogens is 3. The zero-order valence-corrected chi connectivity index (χ0v) is 10.2. The largest absolute Gasteiger partial charge is 0.391 e. The third-order valence-corrected chi connectivity index (χ3v) is 2.90. The van der Waals surface area contributed by atoms with Gasteiger partial charge in [0.25, 0.3) is 0 Å². The van der Waals surface area contributed by atoms with Gasteiger partial charge in [-0.3, -0.25) is 0 Å². The molecule has 0 saturated heterocycles. The highest BCUT2D eigenvalue weighted by Crippen LogP contribution is 2.28. The van der Waals surface area contributed by atoms with Gasteiger partial charge in [0.15, 0.2) is 0 Å². The second-order valence-electron chi connectivity index (χ2n) is 4.27. The zero-order valence-electron chi connectivity index (χ0n) is 10.2. The Bertz CT molecular complexity index is 223. The number of nitrogens with one attached hydrogen (secondary N) is 1. The lowest BCUT2D eigenvalue weighted by molar-refractivity contribution is -0.173. The van der Waals surface area contributed by atoms with Crippen LogP contribution in [0.3, 0.4) is 0 Å². The normalized spacial score (nSPS) is 29.1. The minimum Gasteiger partial charge on any atom is -0.377 e. The van der Waals surface area contributed by atoms with E-state index in [0.29, 0.717) is 0 Å². The lowest BCUT2D eigenvalue weighted by Gasteiger charge is -2.43. The lowest BCUT2D eigenvalue weighted by Crippen LogP contribution is -2.60. The predicted octanol–water partition coefficient (Wildman–Crippen LogP) is 2.11. The van der Waals surface area contributed by atoms with Gasteiger partial charge in [0.05, 0.1) is 25.2 Å². The van der Waals surface area contributed by atoms with Crippen molar-refractivity contribution in [3.05, 3.63) is 0 Å². The maximum Gasteiger partial charge on any atom is 0.391 e. The van der Waals surface area contributed by atoms with Gasteiger partial charge in [0.2, 0.25) is 0 Å². The molecule has 0 aliphatic heterocycles. The van der Waals surface area contributed by atoms with Crippen LogP contribution in [0.4, 0.5) is 13.2 Å². The fourth-order valence-corrected chi connectivity index (χ4v) is 1.92. The van der Waals surface area contributed by atoms with E-state index in [1.165, 1.54) is 0 Å². The first-order valence-corrected chi connectivity index (χ1v) is 5.92. The molecule has 1 saturated carbocycles. The van der Waals surface area contributed by atoms with Crippen molar-refractivity contribution in [3.63, 3.8) is 0 Å². The van der Waals surface area contributed by atoms with Gasteiger partial charge in [0.1, 0.15) is 0 Å². The van der Waals surface area contributed by atoms with Crippen LogP contribution in [-0.2, 0) is 9.47 Å². The zero-order chi connectivity index (χ0) is 12.9. The Kier molecular flexibility index (Phi) is 5.69. The molecule has 0 heterocycles. The highest BCUT2D eigenvalue weighted by atomic mass is 19.4. The topological polar surface area (TPSA) is 30.5 Å². The summed E-state index contributed by atoms with van der Waals surface area (Å²) in [6.45, 7) is 2.67. The Morgan fingerprint density at radius 1 is 1.35 bits per heavy atom. The summed E-state index contributed by atoms with van der Waals surface area (Å²) in [7, 11) is 1.56. The van der Waals surface area contributed by atoms with E-state index < -0.39 is 12.6 Å². The minimum absolute atomic E-state index is 0.130. The molecule has 0 aromatic carbocycles. The number of alkyl halides is 3. The number of ether oxygens (including phenoxy) is 2. The van der Waals surface area contributed by atoms with Crippen LogP contribution in [0.2, 0.25) is 0 Å². The first-order valence-electron chi connectivity index (χ1n) is 5.92. The Balaban J connectivity index is 2.19. The quantitative estimate of drug-likeness (QED) is 0.755. The van der Waals surface area contributed by atoms with Gasteiger partial charge in [-0.25, -0.2) is 0 Å². The van der Waals surface area contributed by atoms with Crippen molar-refractivity contribution in [1.82, 2.24) is 5.32 Å². The van der Waals surface area contributed by atoms with Crippen LogP contribution in [0.25, 0.3) is 0 Å². The highest BCUT2D eigenvalue weighted by molar-refractivity contribution is 4.97. The molecule has 3 nitrogen and oxygen atoms in total. The van der Waals surface area contributed by atoms with E-state index in [9.17, 15) is 13.2 Å². The Hall–Kier alpha value is -0.330. The van der Waals surface area contributed by atoms with Crippen LogP contribution in [0.1, 0.15) is 26.2 Å². The summed E-state index contributed by atoms with van der Waals surface area (Å²) in [6, 6.07) is 0.204. The molecule has 0 aromatic heterocycles. The van der Waals surface area contributed by atoms with Crippen LogP contribution in [0, 0.1) is 0 Å². The molecule has 0 bridgehead atoms. The third-order valence-electron chi connectivity index (χ3n) is 2.90. The third kappa shape index (κ3) is 4.81. The van der Waals surface area contributed by atoms with Gasteiger partial charge in [-0.05, 0) is 19.4 Å². The molecule has 6 heteroatoms. The van der Waals surface area contributed by atoms with Gasteiger partial charge in [0, 0.05) is 13.2 Å². The summed E-state index contributed by atoms with van der Waals surface area (Å²) in [6.07, 6.45) is -3.64. The number of hydrogen-bond acceptors (Lipinski definition) is 3. The Morgan fingerprint density at radius 3 is 2.59 bits per heavy atom. The molecule has 102 valence electrons. The van der Waals surface area contributed by atoms with E-state index in [1.807, 2.05) is 0 Å². The summed E-state index contributed by atoms with van der Waals surface area (Å²) >= 11 is 0. The standard InChI is InChI=1S/C11H20F3NO2/c1-3-5-15-8-7-9(10(8)16-2)17-6-4-11(12,13)14/h8-10,15H,3-7H2,1-2H3. The van der Waals surface area contributed by atoms with E-state index in [2.05, 4.69) is 12.2 Å². The van der Waals surface area contributed by atoms with Crippen molar-refractivity contribution >= 4 is 0 Å². The van der Waals surface area contributed by atoms with Gasteiger partial charge in [-0.15, -0.1) is 0 Å². The van der Waals surface area contributed by atoms with Gasteiger partial charge in [-0.2, -0.15) is 13.2 Å². The van der Waals surface area contributed by atoms with Crippen molar-refractivity contribution in [1.29, 1.82) is 0 Å². The number of hydrogen-bond donors (Lipinski definition) is 1. The van der Waals surface area contributed by atoms with Gasteiger partial charge < -0.3 is 14.8 Å². The summed E-state index contributed by atoms with van der Waals surface area (Å²) in [5.74, 6) is 0. The van der Waals surface area contributed by atoms with E-state index in [1.54, 1.807) is 7.11 Å². The highest BCUT2D eigenvalue weighted by Gasteiger charge is 2.42. The van der Waals surface area contributed by atoms with E-state index in [0.717, 1.165) is 19.4 Å². The van der Waals surface area contributed by atoms with Crippen molar-refractivity contribution in [2.24, 2.45) is 0 Å². The first kappa shape index (κ1) is 14.7. The smallest absolute Gasteiger partial charge is 0.377 e. The second kappa shape index (κ2) is 6.56. The Morgan fingerprint density at radius 2 is 2.06 bits per heavy atom. The second-order valence-corrected chi connectivity index (χ2v) is 4.27. The molecule has 3 unspecified atom stereocenters. The first-order chi connectivity index (χ1) is 7.98. The van der Waals surface area contributed by atoms with E-state index in [4.69, 9.17) is 9.47 Å². The van der Waals surface area contributed by atoms with Crippen molar-refractivity contribution in [2.75, 3.05) is 20.3 Å². The maximum atomic E-state index is 11.9. The van der Waals surface area contributed by atoms with Crippen LogP contribution in [-0.4, -0.2) is 44.7 Å². The molecule has 1 aliphatic rings. The fraction of sp³-hybridized carbons (Fsp3) is 1.00. The lowest BCUT2D eigenvalue weighted by atomic mass is 9.85. The minimum atomic E-state index is -4.15. The Labute approximate surface area is 99.7 Å². The molecule has 0 aromatic rings. The van der Waals surface area contributed by atoms with Crippen molar-refractivity contribution in [2.45, 2.75) is 50.6 Å². The number of rotatable bonds is 7. The summed E-state index contributed by atoms with van der Waals surface area (Å²) in [5.41, 5.74) is 0. The van der Waals surface area contributed by atoms with Crippen molar-refractivity contribution < 1.29 is 22.6 Å². The van der Waals surface area contributed by atoms with Crippen LogP contribution in [0.15, 0.2) is 0 Å². The monoisotopic (exact) mass is 255 g/mol. The van der Waals surface area contributed by atoms with Crippen LogP contribution < -0.4 is 5.32 Å². The fourth-order valence-electron chi connectivity index (χ4n) is 1.92. The molecular weight excluding hydrogens is 235 g/mol. The summed E-state index contributed by atoms with van der Waals surface area (Å²) in [4.78, 5) is 0. The van der Waals surface area contributed by atoms with E-state index >= 15 is 0 Å².